The molecule has 0 aromatic heterocycles. The van der Waals surface area contributed by atoms with Gasteiger partial charge in [-0.15, -0.1) is 20.0 Å². The van der Waals surface area contributed by atoms with E-state index in [-0.39, 0.29) is 93.7 Å². The Bertz CT molecular complexity index is 4830. The Morgan fingerprint density at radius 3 is 0.672 bits per heavy atom. The number of unbranched alkanes of at least 4 members (excludes halogenated alkanes) is 4. The molecule has 0 unspecified atom stereocenters. The van der Waals surface area contributed by atoms with Crippen molar-refractivity contribution in [3.8, 4) is 23.0 Å². The van der Waals surface area contributed by atoms with E-state index < -0.39 is 104 Å². The molecule has 0 fully saturated rings. The maximum absolute atomic E-state index is 13.3. The third kappa shape index (κ3) is 49.2. The molecule has 0 atom stereocenters. The molecule has 4 aromatic rings. The van der Waals surface area contributed by atoms with E-state index in [1.807, 2.05) is 6.07 Å². The minimum Gasteiger partial charge on any atom is -0.493 e. The fourth-order valence-corrected chi connectivity index (χ4v) is 13.0. The molecule has 4 aromatic carbocycles. The van der Waals surface area contributed by atoms with E-state index in [1.54, 1.807) is 166 Å². The van der Waals surface area contributed by atoms with Gasteiger partial charge in [-0.25, -0.2) is 38.4 Å². The minimum atomic E-state index is -0.915. The van der Waals surface area contributed by atoms with Gasteiger partial charge in [0.2, 0.25) is 23.8 Å². The van der Waals surface area contributed by atoms with Crippen molar-refractivity contribution in [1.29, 1.82) is 0 Å². The van der Waals surface area contributed by atoms with Gasteiger partial charge in [-0.1, -0.05) is 139 Å². The van der Waals surface area contributed by atoms with Gasteiger partial charge < -0.3 is 78.1 Å². The predicted octanol–water partition coefficient (Wildman–Crippen LogP) is 22.5. The molecule has 0 aliphatic heterocycles. The lowest BCUT2D eigenvalue weighted by molar-refractivity contribution is 0.0542. The molecule has 0 heterocycles. The number of nitrogens with one attached hydrogen (secondary N) is 8. The first-order chi connectivity index (χ1) is 62.6. The van der Waals surface area contributed by atoms with Crippen molar-refractivity contribution < 1.29 is 95.2 Å². The van der Waals surface area contributed by atoms with Crippen LogP contribution in [0.3, 0.4) is 0 Å². The number of amides is 8. The van der Waals surface area contributed by atoms with E-state index in [1.165, 1.54) is 0 Å². The third-order valence-corrected chi connectivity index (χ3v) is 19.1. The summed E-state index contributed by atoms with van der Waals surface area (Å²) in [5.74, 6) is 2.11. The second-order valence-corrected chi connectivity index (χ2v) is 46.3. The number of aryl methyl sites for hydroxylation is 1. The van der Waals surface area contributed by atoms with Crippen LogP contribution in [-0.4, -0.2) is 170 Å². The van der Waals surface area contributed by atoms with Crippen LogP contribution in [0, 0.1) is 0 Å². The molecule has 768 valence electrons. The summed E-state index contributed by atoms with van der Waals surface area (Å²) in [5.41, 5.74) is 2.22. The van der Waals surface area contributed by atoms with Crippen molar-refractivity contribution in [3.05, 3.63) is 116 Å². The van der Waals surface area contributed by atoms with Crippen LogP contribution in [0.15, 0.2) is 74.6 Å². The molecule has 0 aliphatic carbocycles. The normalized spacial score (nSPS) is 13.1. The Kier molecular flexibility index (Phi) is 43.6. The zero-order valence-electron chi connectivity index (χ0n) is 89.8. The van der Waals surface area contributed by atoms with E-state index in [4.69, 9.17) is 56.8 Å². The molecule has 0 spiro atoms. The molecule has 8 amide bonds. The summed E-state index contributed by atoms with van der Waals surface area (Å²) in [5, 5.41) is 22.8. The minimum absolute atomic E-state index is 0.124. The first-order valence-electron chi connectivity index (χ1n) is 48.0. The van der Waals surface area contributed by atoms with Gasteiger partial charge in [0.05, 0.1) is 26.4 Å². The van der Waals surface area contributed by atoms with E-state index in [9.17, 15) is 38.4 Å². The predicted molar refractivity (Wildman–Crippen MR) is 541 cm³/mol. The number of hydrogen-bond donors (Lipinski definition) is 8. The fourth-order valence-electron chi connectivity index (χ4n) is 13.0. The summed E-state index contributed by atoms with van der Waals surface area (Å²) in [6.45, 7) is 71.8. The SMILES string of the molecule is CCc1cc(C(C)(C)C)cc(Cc2cc(C(C)(C)C)cc(Cc3cc(C(C)(C)C)cc(Cc4cc(C(C)(C)C)ccc4OCCCCN/C(=N\C(=O)OC(C)(C)C)NC(=O)OC(C)(C)C)c3OCCCCN/C(=N\C(=O)OC(C)(C)C)NC(=O)OC(C)(C)C)c2OCCCCN/C(=N\C(=O)OC(C)(C)C)NC(=O)OC(C)(C)C)c1OCCCCN/C(=N\C(=O)OC(C)(C)C)NC(=O)OC(C)(C)C. The highest BCUT2D eigenvalue weighted by Crippen LogP contribution is 2.43. The first kappa shape index (κ1) is 118. The van der Waals surface area contributed by atoms with Gasteiger partial charge in [0.25, 0.3) is 0 Å². The van der Waals surface area contributed by atoms with Gasteiger partial charge in [-0.05, 0) is 313 Å². The van der Waals surface area contributed by atoms with Crippen molar-refractivity contribution in [2.75, 3.05) is 52.6 Å². The largest absolute Gasteiger partial charge is 0.493 e. The quantitative estimate of drug-likeness (QED) is 0.0100. The molecule has 32 nitrogen and oxygen atoms in total. The van der Waals surface area contributed by atoms with E-state index in [2.05, 4.69) is 201 Å². The maximum Gasteiger partial charge on any atom is 0.437 e. The van der Waals surface area contributed by atoms with E-state index >= 15 is 0 Å². The van der Waals surface area contributed by atoms with Crippen LogP contribution < -0.4 is 61.5 Å². The van der Waals surface area contributed by atoms with Crippen LogP contribution in [0.25, 0.3) is 0 Å². The summed E-state index contributed by atoms with van der Waals surface area (Å²) in [4.78, 5) is 122. The number of rotatable bonds is 31. The highest BCUT2D eigenvalue weighted by Gasteiger charge is 2.32. The smallest absolute Gasteiger partial charge is 0.437 e. The molecule has 32 heteroatoms. The van der Waals surface area contributed by atoms with E-state index in [0.717, 1.165) is 66.9 Å². The van der Waals surface area contributed by atoms with Crippen LogP contribution in [0.1, 0.15) is 369 Å². The van der Waals surface area contributed by atoms with Gasteiger partial charge in [0, 0.05) is 45.4 Å². The first-order valence-corrected chi connectivity index (χ1v) is 48.0. The Labute approximate surface area is 817 Å². The molecular formula is C105H168N12O20. The number of carbonyl (C=O) groups excluding carboxylic acids is 8. The number of aliphatic imine (C=N–C) groups is 4. The van der Waals surface area contributed by atoms with Gasteiger partial charge in [0.1, 0.15) is 67.8 Å². The maximum atomic E-state index is 13.3. The standard InChI is InChI=1S/C105H168N12O20/c1-38-67-60-75(95(5,6)7)63-70(79(67)127-54-44-40-50-107-83(112-88(120)132-100(20,21)22)113-89(121)133-101(23,24)25)58-71-64-77(97(11,12)13)66-73(81(71)129-56-46-42-52-109-85(116-92(124)136-104(32,33)34)117-93(125)137-105(35,36)37)59-72-65-76(96(8,9)10)62-69(80(72)128-55-45-41-51-108-84(114-90(122)134-102(26,27)28)115-91(123)135-103(29,30)31)57-68-61-74(94(2,3)4)47-48-78(68)126-53-43-39-49-106-82(110-86(118)130-98(14,15)16)111-87(119)131-99(17,18)19/h47-48,60-66H,38-46,49-59H2,1-37H3,(H2,106,110,111,118,119)(H2,107,112,113,120,121)(H2,108,114,115,122,123)(H2,109,116,117,124,125). The third-order valence-electron chi connectivity index (χ3n) is 19.1. The molecule has 8 N–H and O–H groups in total. The fraction of sp³-hybridized carbons (Fsp3) is 0.657. The average Bonchev–Trinajstić information content (AvgIpc) is 0.768. The molecule has 0 bridgehead atoms. The van der Waals surface area contributed by atoms with Crippen molar-refractivity contribution in [2.45, 2.75) is 400 Å². The van der Waals surface area contributed by atoms with Crippen LogP contribution in [0.2, 0.25) is 0 Å². The highest BCUT2D eigenvalue weighted by molar-refractivity contribution is 6.01. The zero-order valence-corrected chi connectivity index (χ0v) is 89.8. The summed E-state index contributed by atoms with van der Waals surface area (Å²) in [6, 6.07) is 19.7. The molecule has 0 saturated heterocycles. The monoisotopic (exact) mass is 1920 g/mol. The lowest BCUT2D eigenvalue weighted by Crippen LogP contribution is -2.44. The van der Waals surface area contributed by atoms with Gasteiger partial charge >= 0.3 is 48.7 Å². The molecule has 0 aliphatic rings. The van der Waals surface area contributed by atoms with Crippen molar-refractivity contribution in [2.24, 2.45) is 20.0 Å². The average molecular weight is 1920 g/mol. The number of nitrogens with zero attached hydrogens (tertiary/aromatic N) is 4. The molecule has 0 radical (unpaired) electrons. The summed E-state index contributed by atoms with van der Waals surface area (Å²) in [7, 11) is 0. The molecule has 4 rings (SSSR count). The number of ether oxygens (including phenoxy) is 12. The second-order valence-electron chi connectivity index (χ2n) is 46.3. The number of alkyl carbamates (subject to hydrolysis) is 4. The van der Waals surface area contributed by atoms with Crippen molar-refractivity contribution in [3.63, 3.8) is 0 Å². The number of carbonyl (C=O) groups is 8. The molecule has 137 heavy (non-hydrogen) atoms. The van der Waals surface area contributed by atoms with E-state index in [0.29, 0.717) is 87.9 Å². The number of hydrogen-bond acceptors (Lipinski definition) is 20. The Morgan fingerprint density at radius 2 is 0.453 bits per heavy atom. The molecule has 0 saturated carbocycles. The highest BCUT2D eigenvalue weighted by atomic mass is 16.6. The lowest BCUT2D eigenvalue weighted by Gasteiger charge is -2.28. The Morgan fingerprint density at radius 1 is 0.248 bits per heavy atom. The second kappa shape index (κ2) is 50.5. The van der Waals surface area contributed by atoms with Gasteiger partial charge in [-0.2, -0.15) is 0 Å². The van der Waals surface area contributed by atoms with Crippen LogP contribution >= 0.6 is 0 Å². The lowest BCUT2D eigenvalue weighted by atomic mass is 9.80. The van der Waals surface area contributed by atoms with Crippen LogP contribution in [-0.2, 0) is 85.2 Å². The Hall–Kier alpha value is -11.1. The number of guanidine groups is 4. The van der Waals surface area contributed by atoms with Crippen LogP contribution in [0.4, 0.5) is 38.4 Å². The summed E-state index contributed by atoms with van der Waals surface area (Å²) in [6.07, 6.45) is -1.22. The van der Waals surface area contributed by atoms with Gasteiger partial charge in [0.15, 0.2) is 0 Å². The summed E-state index contributed by atoms with van der Waals surface area (Å²) >= 11 is 0. The van der Waals surface area contributed by atoms with Gasteiger partial charge in [-0.3, -0.25) is 21.3 Å². The summed E-state index contributed by atoms with van der Waals surface area (Å²) < 4.78 is 73.0. The Balaban J connectivity index is 2.10. The molecular weight excluding hydrogens is 1750 g/mol. The zero-order chi connectivity index (χ0) is 104. The number of benzene rings is 4. The van der Waals surface area contributed by atoms with Crippen molar-refractivity contribution in [1.82, 2.24) is 42.5 Å². The topological polar surface area (TPSA) is 393 Å². The van der Waals surface area contributed by atoms with Crippen molar-refractivity contribution >= 4 is 72.6 Å². The van der Waals surface area contributed by atoms with Crippen LogP contribution in [0.5, 0.6) is 23.0 Å².